The molecule has 37 heavy (non-hydrogen) atoms. The van der Waals surface area contributed by atoms with Crippen molar-refractivity contribution in [1.82, 2.24) is 20.9 Å². The van der Waals surface area contributed by atoms with Crippen LogP contribution in [-0.4, -0.2) is 80.7 Å². The zero-order valence-electron chi connectivity index (χ0n) is 20.6. The Balaban J connectivity index is 2.19. The predicted molar refractivity (Wildman–Crippen MR) is 132 cm³/mol. The Labute approximate surface area is 212 Å². The number of aromatic nitrogens is 1. The predicted octanol–water partition coefficient (Wildman–Crippen LogP) is -0.910. The summed E-state index contributed by atoms with van der Waals surface area (Å²) in [7, 11) is 0. The third kappa shape index (κ3) is 8.58. The summed E-state index contributed by atoms with van der Waals surface area (Å²) in [6, 6.07) is 1.72. The number of fused-ring (bicyclic) bond motifs is 1. The van der Waals surface area contributed by atoms with E-state index in [-0.39, 0.29) is 18.8 Å². The number of aliphatic hydroxyl groups excluding tert-OH is 1. The van der Waals surface area contributed by atoms with Crippen molar-refractivity contribution in [3.8, 4) is 0 Å². The Kier molecular flexibility index (Phi) is 10.6. The molecular formula is C24H33N5O8. The van der Waals surface area contributed by atoms with Gasteiger partial charge in [-0.1, -0.05) is 32.0 Å². The number of nitrogens with two attached hydrogens (primary N) is 1. The lowest BCUT2D eigenvalue weighted by atomic mass is 10.0. The van der Waals surface area contributed by atoms with Gasteiger partial charge in [-0.2, -0.15) is 0 Å². The molecule has 0 radical (unpaired) electrons. The highest BCUT2D eigenvalue weighted by atomic mass is 16.4. The van der Waals surface area contributed by atoms with Gasteiger partial charge in [0.05, 0.1) is 13.0 Å². The van der Waals surface area contributed by atoms with Crippen LogP contribution in [0.15, 0.2) is 30.5 Å². The maximum atomic E-state index is 12.9. The van der Waals surface area contributed by atoms with Crippen LogP contribution >= 0.6 is 0 Å². The molecule has 1 aromatic heterocycles. The van der Waals surface area contributed by atoms with Crippen LogP contribution in [0.25, 0.3) is 10.9 Å². The summed E-state index contributed by atoms with van der Waals surface area (Å²) < 4.78 is 0. The highest BCUT2D eigenvalue weighted by Crippen LogP contribution is 2.19. The first-order chi connectivity index (χ1) is 17.4. The van der Waals surface area contributed by atoms with Gasteiger partial charge in [0.15, 0.2) is 0 Å². The van der Waals surface area contributed by atoms with Crippen LogP contribution in [0.3, 0.4) is 0 Å². The number of carbonyl (C=O) groups is 5. The van der Waals surface area contributed by atoms with Crippen molar-refractivity contribution in [2.45, 2.75) is 57.3 Å². The summed E-state index contributed by atoms with van der Waals surface area (Å²) in [5.41, 5.74) is 6.90. The second-order valence-electron chi connectivity index (χ2n) is 9.10. The van der Waals surface area contributed by atoms with Gasteiger partial charge in [-0.05, 0) is 24.0 Å². The largest absolute Gasteiger partial charge is 0.481 e. The third-order valence-corrected chi connectivity index (χ3v) is 5.60. The minimum Gasteiger partial charge on any atom is -0.481 e. The van der Waals surface area contributed by atoms with Gasteiger partial charge in [-0.15, -0.1) is 0 Å². The van der Waals surface area contributed by atoms with Crippen molar-refractivity contribution in [2.75, 3.05) is 6.61 Å². The molecule has 4 atom stereocenters. The molecule has 202 valence electrons. The van der Waals surface area contributed by atoms with Crippen LogP contribution in [0.4, 0.5) is 0 Å². The number of hydrogen-bond donors (Lipinski definition) is 8. The zero-order chi connectivity index (χ0) is 27.7. The Morgan fingerprint density at radius 2 is 1.51 bits per heavy atom. The van der Waals surface area contributed by atoms with E-state index in [1.807, 2.05) is 12.1 Å². The Hall–Kier alpha value is -3.97. The molecule has 3 amide bonds. The quantitative estimate of drug-likeness (QED) is 0.154. The topological polar surface area (TPSA) is 224 Å². The molecule has 2 rings (SSSR count). The number of amides is 3. The van der Waals surface area contributed by atoms with E-state index in [2.05, 4.69) is 20.9 Å². The van der Waals surface area contributed by atoms with E-state index < -0.39 is 66.9 Å². The van der Waals surface area contributed by atoms with Gasteiger partial charge in [0.25, 0.3) is 0 Å². The van der Waals surface area contributed by atoms with Crippen LogP contribution in [0, 0.1) is 5.92 Å². The van der Waals surface area contributed by atoms with Gasteiger partial charge in [-0.25, -0.2) is 4.79 Å². The van der Waals surface area contributed by atoms with Gasteiger partial charge < -0.3 is 42.0 Å². The molecular weight excluding hydrogens is 486 g/mol. The van der Waals surface area contributed by atoms with E-state index in [4.69, 9.17) is 10.8 Å². The monoisotopic (exact) mass is 519 g/mol. The number of carbonyl (C=O) groups excluding carboxylic acids is 3. The number of aliphatic hydroxyl groups is 1. The number of rotatable bonds is 14. The first kappa shape index (κ1) is 29.3. The molecule has 4 unspecified atom stereocenters. The number of hydrogen-bond acceptors (Lipinski definition) is 7. The molecule has 13 heteroatoms. The Morgan fingerprint density at radius 1 is 0.919 bits per heavy atom. The van der Waals surface area contributed by atoms with Crippen molar-refractivity contribution < 1.29 is 39.3 Å². The Bertz CT molecular complexity index is 1130. The summed E-state index contributed by atoms with van der Waals surface area (Å²) in [6.07, 6.45) is 0.842. The lowest BCUT2D eigenvalue weighted by Crippen LogP contribution is -2.58. The van der Waals surface area contributed by atoms with Crippen molar-refractivity contribution in [3.63, 3.8) is 0 Å². The summed E-state index contributed by atoms with van der Waals surface area (Å²) in [4.78, 5) is 64.3. The average Bonchev–Trinajstić information content (AvgIpc) is 3.24. The van der Waals surface area contributed by atoms with E-state index in [1.54, 1.807) is 32.2 Å². The van der Waals surface area contributed by atoms with E-state index in [0.717, 1.165) is 10.9 Å². The first-order valence-corrected chi connectivity index (χ1v) is 11.7. The van der Waals surface area contributed by atoms with E-state index in [9.17, 15) is 34.2 Å². The normalized spacial score (nSPS) is 14.4. The van der Waals surface area contributed by atoms with E-state index >= 15 is 0 Å². The number of nitrogens with one attached hydrogen (secondary N) is 4. The molecule has 0 saturated heterocycles. The number of carboxylic acid groups (broad SMARTS) is 2. The average molecular weight is 520 g/mol. The molecule has 1 aromatic carbocycles. The second kappa shape index (κ2) is 13.4. The van der Waals surface area contributed by atoms with Gasteiger partial charge in [-0.3, -0.25) is 19.2 Å². The molecule has 0 aliphatic carbocycles. The molecule has 0 fully saturated rings. The lowest BCUT2D eigenvalue weighted by Gasteiger charge is -2.25. The molecule has 2 aromatic rings. The van der Waals surface area contributed by atoms with Crippen LogP contribution in [0.2, 0.25) is 0 Å². The van der Waals surface area contributed by atoms with Gasteiger partial charge in [0, 0.05) is 23.5 Å². The van der Waals surface area contributed by atoms with Crippen molar-refractivity contribution >= 4 is 40.6 Å². The highest BCUT2D eigenvalue weighted by molar-refractivity contribution is 5.96. The summed E-state index contributed by atoms with van der Waals surface area (Å²) >= 11 is 0. The maximum absolute atomic E-state index is 12.9. The molecule has 13 nitrogen and oxygen atoms in total. The number of para-hydroxylation sites is 1. The highest BCUT2D eigenvalue weighted by Gasteiger charge is 2.32. The molecule has 1 heterocycles. The molecule has 0 bridgehead atoms. The van der Waals surface area contributed by atoms with Gasteiger partial charge in [0.2, 0.25) is 17.7 Å². The van der Waals surface area contributed by atoms with E-state index in [1.165, 1.54) is 0 Å². The molecule has 0 aliphatic heterocycles. The molecule has 0 spiro atoms. The maximum Gasteiger partial charge on any atom is 0.326 e. The smallest absolute Gasteiger partial charge is 0.326 e. The number of H-pyrrole nitrogens is 1. The first-order valence-electron chi connectivity index (χ1n) is 11.7. The van der Waals surface area contributed by atoms with Crippen molar-refractivity contribution in [3.05, 3.63) is 36.0 Å². The Morgan fingerprint density at radius 3 is 2.11 bits per heavy atom. The standard InChI is InChI=1S/C24H33N5O8/c1-12(2)7-17(27-21(33)15(25)11-30)22(34)28-18(9-20(31)32)23(35)29-19(24(36)37)8-13-10-26-16-6-4-3-5-14(13)16/h3-6,10,12,15,17-19,26,30H,7-9,11,25H2,1-2H3,(H,27,33)(H,28,34)(H,29,35)(H,31,32)(H,36,37). The van der Waals surface area contributed by atoms with Crippen molar-refractivity contribution in [2.24, 2.45) is 11.7 Å². The summed E-state index contributed by atoms with van der Waals surface area (Å²) in [6.45, 7) is 2.91. The molecule has 0 aliphatic rings. The number of benzene rings is 1. The zero-order valence-corrected chi connectivity index (χ0v) is 20.6. The third-order valence-electron chi connectivity index (χ3n) is 5.60. The summed E-state index contributed by atoms with van der Waals surface area (Å²) in [5.74, 6) is -5.49. The van der Waals surface area contributed by atoms with Crippen LogP contribution in [0.5, 0.6) is 0 Å². The van der Waals surface area contributed by atoms with Crippen LogP contribution in [0.1, 0.15) is 32.3 Å². The minimum atomic E-state index is -1.62. The number of carboxylic acids is 2. The lowest BCUT2D eigenvalue weighted by molar-refractivity contribution is -0.143. The molecule has 0 saturated carbocycles. The fourth-order valence-corrected chi connectivity index (χ4v) is 3.71. The summed E-state index contributed by atoms with van der Waals surface area (Å²) in [5, 5.41) is 35.8. The molecule has 9 N–H and O–H groups in total. The number of aromatic amines is 1. The van der Waals surface area contributed by atoms with Crippen molar-refractivity contribution in [1.29, 1.82) is 0 Å². The fraction of sp³-hybridized carbons (Fsp3) is 0.458. The fourth-order valence-electron chi connectivity index (χ4n) is 3.71. The van der Waals surface area contributed by atoms with E-state index in [0.29, 0.717) is 5.56 Å². The van der Waals surface area contributed by atoms with Crippen LogP contribution < -0.4 is 21.7 Å². The van der Waals surface area contributed by atoms with Gasteiger partial charge >= 0.3 is 11.9 Å². The minimum absolute atomic E-state index is 0.0827. The van der Waals surface area contributed by atoms with Crippen LogP contribution in [-0.2, 0) is 30.4 Å². The second-order valence-corrected chi connectivity index (χ2v) is 9.10. The number of aliphatic carboxylic acids is 2. The van der Waals surface area contributed by atoms with Gasteiger partial charge in [0.1, 0.15) is 24.2 Å². The SMILES string of the molecule is CC(C)CC(NC(=O)C(N)CO)C(=O)NC(CC(=O)O)C(=O)NC(Cc1c[nH]c2ccccc12)C(=O)O.